The summed E-state index contributed by atoms with van der Waals surface area (Å²) in [4.78, 5) is 3.89. The van der Waals surface area contributed by atoms with Crippen LogP contribution in [0.15, 0.2) is 23.4 Å². The molecule has 21 heavy (non-hydrogen) atoms. The molecule has 6 nitrogen and oxygen atoms in total. The van der Waals surface area contributed by atoms with Crippen LogP contribution in [0.3, 0.4) is 0 Å². The van der Waals surface area contributed by atoms with Crippen LogP contribution in [-0.4, -0.2) is 18.0 Å². The molecule has 1 aromatic carbocycles. The van der Waals surface area contributed by atoms with E-state index in [1.54, 1.807) is 11.5 Å². The number of hydrogen-bond acceptors (Lipinski definition) is 4. The summed E-state index contributed by atoms with van der Waals surface area (Å²) in [5, 5.41) is -0.287. The van der Waals surface area contributed by atoms with E-state index >= 15 is 0 Å². The molecule has 0 unspecified atom stereocenters. The molecule has 0 radical (unpaired) electrons. The zero-order valence-electron chi connectivity index (χ0n) is 11.4. The Bertz CT molecular complexity index is 787. The van der Waals surface area contributed by atoms with Crippen molar-refractivity contribution in [2.45, 2.75) is 25.4 Å². The smallest absolute Gasteiger partial charge is 0.281 e. The molecule has 3 N–H and O–H groups in total. The quantitative estimate of drug-likeness (QED) is 0.843. The van der Waals surface area contributed by atoms with Crippen molar-refractivity contribution in [3.63, 3.8) is 0 Å². The van der Waals surface area contributed by atoms with Crippen LogP contribution in [0.5, 0.6) is 0 Å². The summed E-state index contributed by atoms with van der Waals surface area (Å²) in [5.74, 6) is -2.06. The molecule has 0 bridgehead atoms. The fraction of sp³-hybridized carbons (Fsp3) is 0.250. The van der Waals surface area contributed by atoms with E-state index < -0.39 is 27.3 Å². The Labute approximate surface area is 120 Å². The highest BCUT2D eigenvalue weighted by molar-refractivity contribution is 7.92. The van der Waals surface area contributed by atoms with Gasteiger partial charge in [-0.05, 0) is 26.0 Å². The second kappa shape index (κ2) is 5.32. The van der Waals surface area contributed by atoms with Crippen LogP contribution >= 0.6 is 0 Å². The highest BCUT2D eigenvalue weighted by Crippen LogP contribution is 2.27. The second-order valence-corrected chi connectivity index (χ2v) is 5.97. The van der Waals surface area contributed by atoms with Gasteiger partial charge in [0.05, 0.1) is 5.69 Å². The Morgan fingerprint density at radius 1 is 1.38 bits per heavy atom. The minimum absolute atomic E-state index is 0.218. The zero-order valence-corrected chi connectivity index (χ0v) is 12.2. The number of imidazole rings is 1. The number of anilines is 2. The lowest BCUT2D eigenvalue weighted by Gasteiger charge is -2.10. The maximum absolute atomic E-state index is 13.7. The van der Waals surface area contributed by atoms with Crippen LogP contribution in [0.1, 0.15) is 12.7 Å². The first-order valence-corrected chi connectivity index (χ1v) is 7.54. The van der Waals surface area contributed by atoms with Gasteiger partial charge < -0.3 is 10.3 Å². The Morgan fingerprint density at radius 2 is 2.05 bits per heavy atom. The number of nitrogen functional groups attached to an aromatic ring is 1. The molecule has 0 saturated carbocycles. The van der Waals surface area contributed by atoms with Gasteiger partial charge in [0, 0.05) is 12.7 Å². The lowest BCUT2D eigenvalue weighted by Crippen LogP contribution is -2.16. The fourth-order valence-corrected chi connectivity index (χ4v) is 2.88. The standard InChI is InChI=1S/C12H14F2N4O2S/c1-3-18-6-10(16-7(18)2)21(19,20)17-12-9(15)5-4-8(13)11(12)14/h4-6,17H,3,15H2,1-2H3. The number of rotatable bonds is 4. The maximum Gasteiger partial charge on any atom is 0.281 e. The van der Waals surface area contributed by atoms with Gasteiger partial charge in [-0.3, -0.25) is 4.72 Å². The van der Waals surface area contributed by atoms with Crippen molar-refractivity contribution in [2.24, 2.45) is 0 Å². The van der Waals surface area contributed by atoms with Gasteiger partial charge in [-0.1, -0.05) is 0 Å². The van der Waals surface area contributed by atoms with Gasteiger partial charge in [0.25, 0.3) is 10.0 Å². The molecule has 0 aliphatic carbocycles. The van der Waals surface area contributed by atoms with E-state index in [1.165, 1.54) is 6.20 Å². The van der Waals surface area contributed by atoms with Gasteiger partial charge in [-0.2, -0.15) is 8.42 Å². The van der Waals surface area contributed by atoms with Crippen LogP contribution in [0.25, 0.3) is 0 Å². The van der Waals surface area contributed by atoms with Gasteiger partial charge in [0.1, 0.15) is 11.5 Å². The van der Waals surface area contributed by atoms with Crippen LogP contribution in [-0.2, 0) is 16.6 Å². The summed E-state index contributed by atoms with van der Waals surface area (Å²) in [6.45, 7) is 3.99. The van der Waals surface area contributed by atoms with E-state index in [4.69, 9.17) is 5.73 Å². The number of aromatic nitrogens is 2. The number of halogens is 2. The van der Waals surface area contributed by atoms with Gasteiger partial charge in [0.15, 0.2) is 16.7 Å². The van der Waals surface area contributed by atoms with Crippen LogP contribution in [0.2, 0.25) is 0 Å². The molecule has 0 spiro atoms. The van der Waals surface area contributed by atoms with E-state index in [0.717, 1.165) is 12.1 Å². The van der Waals surface area contributed by atoms with E-state index in [1.807, 2.05) is 11.6 Å². The van der Waals surface area contributed by atoms with Crippen molar-refractivity contribution >= 4 is 21.4 Å². The third-order valence-corrected chi connectivity index (χ3v) is 4.15. The number of nitrogens with one attached hydrogen (secondary N) is 1. The van der Waals surface area contributed by atoms with Crippen molar-refractivity contribution in [1.29, 1.82) is 0 Å². The van der Waals surface area contributed by atoms with Crippen LogP contribution in [0.4, 0.5) is 20.2 Å². The highest BCUT2D eigenvalue weighted by Gasteiger charge is 2.23. The first-order valence-electron chi connectivity index (χ1n) is 6.06. The summed E-state index contributed by atoms with van der Waals surface area (Å²) in [5.41, 5.74) is 4.63. The molecule has 0 amide bonds. The van der Waals surface area contributed by atoms with Crippen molar-refractivity contribution in [3.05, 3.63) is 35.8 Å². The number of aryl methyl sites for hydroxylation is 2. The third kappa shape index (κ3) is 2.82. The predicted octanol–water partition coefficient (Wildman–Crippen LogP) is 1.87. The first kappa shape index (κ1) is 15.2. The maximum atomic E-state index is 13.7. The topological polar surface area (TPSA) is 90.0 Å². The molecule has 2 aromatic rings. The monoisotopic (exact) mass is 316 g/mol. The zero-order chi connectivity index (χ0) is 15.8. The number of benzene rings is 1. The van der Waals surface area contributed by atoms with E-state index in [2.05, 4.69) is 4.98 Å². The lowest BCUT2D eigenvalue weighted by atomic mass is 10.2. The molecule has 1 aromatic heterocycles. The third-order valence-electron chi connectivity index (χ3n) is 2.93. The van der Waals surface area contributed by atoms with E-state index in [0.29, 0.717) is 12.4 Å². The average molecular weight is 316 g/mol. The highest BCUT2D eigenvalue weighted by atomic mass is 32.2. The lowest BCUT2D eigenvalue weighted by molar-refractivity contribution is 0.512. The predicted molar refractivity (Wildman–Crippen MR) is 74.2 cm³/mol. The van der Waals surface area contributed by atoms with Crippen molar-refractivity contribution in [1.82, 2.24) is 9.55 Å². The summed E-state index contributed by atoms with van der Waals surface area (Å²) in [6.07, 6.45) is 1.31. The van der Waals surface area contributed by atoms with E-state index in [9.17, 15) is 17.2 Å². The Morgan fingerprint density at radius 3 is 2.62 bits per heavy atom. The second-order valence-electron chi connectivity index (χ2n) is 4.34. The normalized spacial score (nSPS) is 11.6. The van der Waals surface area contributed by atoms with Crippen molar-refractivity contribution < 1.29 is 17.2 Å². The molecule has 0 atom stereocenters. The number of hydrogen-bond donors (Lipinski definition) is 2. The minimum Gasteiger partial charge on any atom is -0.397 e. The summed E-state index contributed by atoms with van der Waals surface area (Å²) in [7, 11) is -4.16. The van der Waals surface area contributed by atoms with Gasteiger partial charge in [-0.15, -0.1) is 0 Å². The fourth-order valence-electron chi connectivity index (χ4n) is 1.78. The summed E-state index contributed by atoms with van der Waals surface area (Å²) >= 11 is 0. The van der Waals surface area contributed by atoms with Crippen molar-refractivity contribution in [3.8, 4) is 0 Å². The molecular formula is C12H14F2N4O2S. The van der Waals surface area contributed by atoms with E-state index in [-0.39, 0.29) is 10.7 Å². The Kier molecular flexibility index (Phi) is 3.86. The van der Waals surface area contributed by atoms with Gasteiger partial charge in [-0.25, -0.2) is 13.8 Å². The SMILES string of the molecule is CCn1cc(S(=O)(=O)Nc2c(N)ccc(F)c2F)nc1C. The largest absolute Gasteiger partial charge is 0.397 e. The molecule has 1 heterocycles. The van der Waals surface area contributed by atoms with Crippen molar-refractivity contribution in [2.75, 3.05) is 10.5 Å². The number of sulfonamides is 1. The van der Waals surface area contributed by atoms with Gasteiger partial charge in [0.2, 0.25) is 0 Å². The molecule has 9 heteroatoms. The number of nitrogens with zero attached hydrogens (tertiary/aromatic N) is 2. The van der Waals surface area contributed by atoms with Gasteiger partial charge >= 0.3 is 0 Å². The Hall–Kier alpha value is -2.16. The molecule has 0 aliphatic rings. The number of nitrogens with two attached hydrogens (primary N) is 1. The summed E-state index contributed by atoms with van der Waals surface area (Å²) in [6, 6.07) is 1.89. The summed E-state index contributed by atoms with van der Waals surface area (Å²) < 4.78 is 54.7. The molecule has 0 saturated heterocycles. The molecule has 2 rings (SSSR count). The minimum atomic E-state index is -4.16. The van der Waals surface area contributed by atoms with Crippen LogP contribution in [0, 0.1) is 18.6 Å². The molecule has 0 aliphatic heterocycles. The average Bonchev–Trinajstić information content (AvgIpc) is 2.81. The van der Waals surface area contributed by atoms with Crippen LogP contribution < -0.4 is 10.5 Å². The molecular weight excluding hydrogens is 302 g/mol. The Balaban J connectivity index is 2.44. The molecule has 0 fully saturated rings. The first-order chi connectivity index (χ1) is 9.76. The molecule has 114 valence electrons.